The zero-order valence-corrected chi connectivity index (χ0v) is 17.4. The average molecular weight is 400 g/mol. The Bertz CT molecular complexity index is 854. The molecule has 7 heteroatoms. The van der Waals surface area contributed by atoms with Gasteiger partial charge in [-0.2, -0.15) is 0 Å². The standard InChI is InChI=1S/C22H29FN4O2/c1-5-25-22(27-15(2)17-9-10-20(29-4)19(23)14-17)26-12-11-16-7-6-8-18(13-16)21(28)24-3/h6-10,13-15H,5,11-12H2,1-4H3,(H,24,28)(H2,25,26,27). The molecular weight excluding hydrogens is 371 g/mol. The normalized spacial score (nSPS) is 12.2. The molecule has 29 heavy (non-hydrogen) atoms. The maximum absolute atomic E-state index is 14.0. The van der Waals surface area contributed by atoms with Gasteiger partial charge < -0.3 is 20.7 Å². The lowest BCUT2D eigenvalue weighted by atomic mass is 10.1. The Morgan fingerprint density at radius 2 is 2.03 bits per heavy atom. The Morgan fingerprint density at radius 3 is 2.69 bits per heavy atom. The van der Waals surface area contributed by atoms with Gasteiger partial charge in [-0.1, -0.05) is 18.2 Å². The summed E-state index contributed by atoms with van der Waals surface area (Å²) < 4.78 is 18.9. The summed E-state index contributed by atoms with van der Waals surface area (Å²) in [4.78, 5) is 16.4. The second kappa shape index (κ2) is 11.0. The number of benzene rings is 2. The van der Waals surface area contributed by atoms with Crippen LogP contribution in [0.25, 0.3) is 0 Å². The number of carbonyl (C=O) groups excluding carboxylic acids is 1. The fourth-order valence-corrected chi connectivity index (χ4v) is 2.87. The highest BCUT2D eigenvalue weighted by Crippen LogP contribution is 2.21. The number of hydrogen-bond acceptors (Lipinski definition) is 3. The van der Waals surface area contributed by atoms with Crippen LogP contribution in [0.4, 0.5) is 4.39 Å². The number of ether oxygens (including phenoxy) is 1. The fraction of sp³-hybridized carbons (Fsp3) is 0.364. The predicted molar refractivity (Wildman–Crippen MR) is 114 cm³/mol. The molecule has 0 heterocycles. The first-order valence-corrected chi connectivity index (χ1v) is 9.67. The average Bonchev–Trinajstić information content (AvgIpc) is 2.73. The zero-order valence-electron chi connectivity index (χ0n) is 17.4. The molecule has 0 aliphatic heterocycles. The molecule has 0 saturated heterocycles. The minimum atomic E-state index is -0.392. The largest absolute Gasteiger partial charge is 0.494 e. The third-order valence-corrected chi connectivity index (χ3v) is 4.46. The molecule has 2 aromatic carbocycles. The zero-order chi connectivity index (χ0) is 21.2. The van der Waals surface area contributed by atoms with Crippen LogP contribution >= 0.6 is 0 Å². The van der Waals surface area contributed by atoms with Gasteiger partial charge in [-0.25, -0.2) is 4.39 Å². The van der Waals surface area contributed by atoms with Crippen molar-refractivity contribution in [3.05, 3.63) is 65.0 Å². The van der Waals surface area contributed by atoms with E-state index in [0.717, 1.165) is 11.1 Å². The lowest BCUT2D eigenvalue weighted by molar-refractivity contribution is 0.0963. The first kappa shape index (κ1) is 22.2. The molecule has 2 rings (SSSR count). The van der Waals surface area contributed by atoms with Crippen LogP contribution in [-0.4, -0.2) is 39.1 Å². The molecule has 6 nitrogen and oxygen atoms in total. The van der Waals surface area contributed by atoms with E-state index in [0.29, 0.717) is 31.0 Å². The predicted octanol–water partition coefficient (Wildman–Crippen LogP) is 3.05. The maximum atomic E-state index is 14.0. The smallest absolute Gasteiger partial charge is 0.251 e. The van der Waals surface area contributed by atoms with Crippen molar-refractivity contribution in [1.29, 1.82) is 0 Å². The van der Waals surface area contributed by atoms with Crippen molar-refractivity contribution < 1.29 is 13.9 Å². The molecule has 0 radical (unpaired) electrons. The van der Waals surface area contributed by atoms with Crippen molar-refractivity contribution in [3.8, 4) is 5.75 Å². The van der Waals surface area contributed by atoms with Crippen molar-refractivity contribution >= 4 is 11.9 Å². The van der Waals surface area contributed by atoms with Crippen molar-refractivity contribution in [3.63, 3.8) is 0 Å². The third-order valence-electron chi connectivity index (χ3n) is 4.46. The number of nitrogens with zero attached hydrogens (tertiary/aromatic N) is 1. The molecule has 3 N–H and O–H groups in total. The topological polar surface area (TPSA) is 74.8 Å². The maximum Gasteiger partial charge on any atom is 0.251 e. The summed E-state index contributed by atoms with van der Waals surface area (Å²) in [6.07, 6.45) is 0.701. The number of amides is 1. The van der Waals surface area contributed by atoms with Crippen LogP contribution < -0.4 is 20.7 Å². The van der Waals surface area contributed by atoms with E-state index >= 15 is 0 Å². The van der Waals surface area contributed by atoms with Crippen LogP contribution in [0.15, 0.2) is 47.5 Å². The van der Waals surface area contributed by atoms with Gasteiger partial charge in [0.15, 0.2) is 17.5 Å². The van der Waals surface area contributed by atoms with E-state index in [-0.39, 0.29) is 17.7 Å². The number of guanidine groups is 1. The SMILES string of the molecule is CCNC(=NCCc1cccc(C(=O)NC)c1)NC(C)c1ccc(OC)c(F)c1. The molecule has 0 aliphatic rings. The van der Waals surface area contributed by atoms with E-state index in [1.54, 1.807) is 19.2 Å². The van der Waals surface area contributed by atoms with Gasteiger partial charge >= 0.3 is 0 Å². The number of hydrogen-bond donors (Lipinski definition) is 3. The molecule has 0 fully saturated rings. The fourth-order valence-electron chi connectivity index (χ4n) is 2.87. The number of methoxy groups -OCH3 is 1. The Labute approximate surface area is 171 Å². The van der Waals surface area contributed by atoms with Gasteiger partial charge in [0.05, 0.1) is 13.2 Å². The van der Waals surface area contributed by atoms with Gasteiger partial charge in [0.2, 0.25) is 0 Å². The quantitative estimate of drug-likeness (QED) is 0.470. The molecule has 1 atom stereocenters. The van der Waals surface area contributed by atoms with Gasteiger partial charge in [-0.05, 0) is 55.7 Å². The van der Waals surface area contributed by atoms with Gasteiger partial charge in [0.25, 0.3) is 5.91 Å². The van der Waals surface area contributed by atoms with Gasteiger partial charge in [-0.3, -0.25) is 9.79 Å². The summed E-state index contributed by atoms with van der Waals surface area (Å²) in [7, 11) is 3.06. The van der Waals surface area contributed by atoms with Crippen LogP contribution in [-0.2, 0) is 6.42 Å². The van der Waals surface area contributed by atoms with Crippen LogP contribution in [0, 0.1) is 5.82 Å². The molecule has 156 valence electrons. The van der Waals surface area contributed by atoms with E-state index in [1.807, 2.05) is 38.1 Å². The second-order valence-electron chi connectivity index (χ2n) is 6.55. The minimum Gasteiger partial charge on any atom is -0.494 e. The minimum absolute atomic E-state index is 0.106. The molecule has 2 aromatic rings. The molecule has 0 aromatic heterocycles. The van der Waals surface area contributed by atoms with E-state index < -0.39 is 5.82 Å². The summed E-state index contributed by atoms with van der Waals surface area (Å²) >= 11 is 0. The molecular formula is C22H29FN4O2. The number of rotatable bonds is 8. The number of carbonyl (C=O) groups is 1. The van der Waals surface area contributed by atoms with Crippen LogP contribution in [0.1, 0.15) is 41.4 Å². The van der Waals surface area contributed by atoms with E-state index in [9.17, 15) is 9.18 Å². The highest BCUT2D eigenvalue weighted by Gasteiger charge is 2.11. The molecule has 1 unspecified atom stereocenters. The van der Waals surface area contributed by atoms with Gasteiger partial charge in [0.1, 0.15) is 0 Å². The second-order valence-corrected chi connectivity index (χ2v) is 6.55. The summed E-state index contributed by atoms with van der Waals surface area (Å²) in [5.41, 5.74) is 2.47. The Kier molecular flexibility index (Phi) is 8.45. The van der Waals surface area contributed by atoms with Gasteiger partial charge in [0, 0.05) is 25.7 Å². The summed E-state index contributed by atoms with van der Waals surface area (Å²) in [5, 5.41) is 9.12. The highest BCUT2D eigenvalue weighted by atomic mass is 19.1. The summed E-state index contributed by atoms with van der Waals surface area (Å²) in [6, 6.07) is 12.3. The number of nitrogens with one attached hydrogen (secondary N) is 3. The Balaban J connectivity index is 2.02. The first-order chi connectivity index (χ1) is 14.0. The molecule has 0 spiro atoms. The summed E-state index contributed by atoms with van der Waals surface area (Å²) in [5.74, 6) is 0.377. The van der Waals surface area contributed by atoms with E-state index in [4.69, 9.17) is 4.74 Å². The third kappa shape index (κ3) is 6.48. The Morgan fingerprint density at radius 1 is 1.24 bits per heavy atom. The van der Waals surface area contributed by atoms with Crippen LogP contribution in [0.2, 0.25) is 0 Å². The molecule has 0 aliphatic carbocycles. The molecule has 0 saturated carbocycles. The van der Waals surface area contributed by atoms with Crippen molar-refractivity contribution in [1.82, 2.24) is 16.0 Å². The van der Waals surface area contributed by atoms with Crippen LogP contribution in [0.3, 0.4) is 0 Å². The lowest BCUT2D eigenvalue weighted by Gasteiger charge is -2.18. The lowest BCUT2D eigenvalue weighted by Crippen LogP contribution is -2.38. The number of aliphatic imine (C=N–C) groups is 1. The molecule has 0 bridgehead atoms. The summed E-state index contributed by atoms with van der Waals surface area (Å²) in [6.45, 7) is 5.20. The van der Waals surface area contributed by atoms with Crippen molar-refractivity contribution in [2.24, 2.45) is 4.99 Å². The van der Waals surface area contributed by atoms with E-state index in [1.165, 1.54) is 13.2 Å². The first-order valence-electron chi connectivity index (χ1n) is 9.67. The van der Waals surface area contributed by atoms with E-state index in [2.05, 4.69) is 20.9 Å². The van der Waals surface area contributed by atoms with Crippen molar-refractivity contribution in [2.75, 3.05) is 27.2 Å². The molecule has 1 amide bonds. The monoisotopic (exact) mass is 400 g/mol. The highest BCUT2D eigenvalue weighted by molar-refractivity contribution is 5.94. The van der Waals surface area contributed by atoms with Gasteiger partial charge in [-0.15, -0.1) is 0 Å². The Hall–Kier alpha value is -3.09. The van der Waals surface area contributed by atoms with Crippen molar-refractivity contribution in [2.45, 2.75) is 26.3 Å². The number of halogens is 1. The van der Waals surface area contributed by atoms with Crippen LogP contribution in [0.5, 0.6) is 5.75 Å².